The number of amides is 2. The van der Waals surface area contributed by atoms with E-state index < -0.39 is 11.6 Å². The molecule has 1 aromatic carbocycles. The molecular weight excluding hydrogens is 270 g/mol. The van der Waals surface area contributed by atoms with Crippen molar-refractivity contribution < 1.29 is 14.7 Å². The van der Waals surface area contributed by atoms with Crippen molar-refractivity contribution in [3.8, 4) is 0 Å². The number of hydrogen-bond acceptors (Lipinski definition) is 3. The number of rotatable bonds is 3. The van der Waals surface area contributed by atoms with Crippen molar-refractivity contribution in [3.63, 3.8) is 0 Å². The fourth-order valence-corrected chi connectivity index (χ4v) is 2.56. The van der Waals surface area contributed by atoms with E-state index in [9.17, 15) is 9.59 Å². The van der Waals surface area contributed by atoms with Crippen LogP contribution in [0.5, 0.6) is 0 Å². The number of hydrogen-bond donors (Lipinski definition) is 3. The summed E-state index contributed by atoms with van der Waals surface area (Å²) in [4.78, 5) is 25.0. The zero-order chi connectivity index (χ0) is 15.5. The molecule has 114 valence electrons. The van der Waals surface area contributed by atoms with Gasteiger partial charge in [0.25, 0.3) is 0 Å². The first-order chi connectivity index (χ1) is 9.90. The number of benzene rings is 1. The highest BCUT2D eigenvalue weighted by Crippen LogP contribution is 2.19. The molecule has 0 aliphatic carbocycles. The minimum atomic E-state index is -1.19. The van der Waals surface area contributed by atoms with Gasteiger partial charge in [0, 0.05) is 25.7 Å². The number of nitrogens with zero attached hydrogens (tertiary/aromatic N) is 1. The van der Waals surface area contributed by atoms with Gasteiger partial charge in [-0.25, -0.2) is 4.79 Å². The lowest BCUT2D eigenvalue weighted by molar-refractivity contribution is -0.138. The molecule has 0 aromatic heterocycles. The Morgan fingerprint density at radius 2 is 2.00 bits per heavy atom. The Kier molecular flexibility index (Phi) is 4.47. The molecule has 6 nitrogen and oxygen atoms in total. The minimum Gasteiger partial charge on any atom is -0.465 e. The molecule has 0 spiro atoms. The molecule has 1 fully saturated rings. The maximum Gasteiger partial charge on any atom is 0.405 e. The van der Waals surface area contributed by atoms with Crippen LogP contribution in [-0.4, -0.2) is 47.2 Å². The third kappa shape index (κ3) is 3.72. The summed E-state index contributed by atoms with van der Waals surface area (Å²) in [5, 5.41) is 14.5. The van der Waals surface area contributed by atoms with Gasteiger partial charge in [-0.05, 0) is 19.4 Å². The monoisotopic (exact) mass is 291 g/mol. The third-order valence-electron chi connectivity index (χ3n) is 3.62. The van der Waals surface area contributed by atoms with Crippen LogP contribution < -0.4 is 10.6 Å². The summed E-state index contributed by atoms with van der Waals surface area (Å²) in [6, 6.07) is 10.00. The van der Waals surface area contributed by atoms with E-state index >= 15 is 0 Å². The molecule has 1 unspecified atom stereocenters. The standard InChI is InChI=1S/C15H21N3O3/c1-15(2,17-14(20)21)13(19)18-9-8-16-12(10-18)11-6-4-3-5-7-11/h3-7,12,16-17H,8-10H2,1-2H3,(H,20,21). The second kappa shape index (κ2) is 6.13. The smallest absolute Gasteiger partial charge is 0.405 e. The first kappa shape index (κ1) is 15.3. The number of carboxylic acid groups (broad SMARTS) is 1. The molecule has 0 bridgehead atoms. The van der Waals surface area contributed by atoms with Crippen molar-refractivity contribution in [2.24, 2.45) is 0 Å². The van der Waals surface area contributed by atoms with Crippen LogP contribution in [0.25, 0.3) is 0 Å². The fraction of sp³-hybridized carbons (Fsp3) is 0.467. The highest BCUT2D eigenvalue weighted by atomic mass is 16.4. The van der Waals surface area contributed by atoms with E-state index in [1.54, 1.807) is 18.7 Å². The largest absolute Gasteiger partial charge is 0.465 e. The number of piperazine rings is 1. The molecule has 1 aromatic rings. The van der Waals surface area contributed by atoms with Gasteiger partial charge >= 0.3 is 6.09 Å². The molecule has 2 amide bonds. The van der Waals surface area contributed by atoms with Crippen molar-refractivity contribution >= 4 is 12.0 Å². The van der Waals surface area contributed by atoms with Crippen molar-refractivity contribution in [2.45, 2.75) is 25.4 Å². The zero-order valence-corrected chi connectivity index (χ0v) is 12.3. The van der Waals surface area contributed by atoms with E-state index in [0.717, 1.165) is 5.56 Å². The number of carbonyl (C=O) groups is 2. The lowest BCUT2D eigenvalue weighted by atomic mass is 10.00. The second-order valence-electron chi connectivity index (χ2n) is 5.72. The maximum atomic E-state index is 12.5. The molecule has 3 N–H and O–H groups in total. The molecule has 1 heterocycles. The summed E-state index contributed by atoms with van der Waals surface area (Å²) < 4.78 is 0. The number of nitrogens with one attached hydrogen (secondary N) is 2. The highest BCUT2D eigenvalue weighted by Gasteiger charge is 2.35. The van der Waals surface area contributed by atoms with Gasteiger partial charge in [-0.1, -0.05) is 30.3 Å². The Hall–Kier alpha value is -2.08. The lowest BCUT2D eigenvalue weighted by Gasteiger charge is -2.38. The van der Waals surface area contributed by atoms with E-state index in [0.29, 0.717) is 19.6 Å². The van der Waals surface area contributed by atoms with Crippen LogP contribution in [0.4, 0.5) is 4.79 Å². The topological polar surface area (TPSA) is 81.7 Å². The van der Waals surface area contributed by atoms with Crippen LogP contribution in [0.2, 0.25) is 0 Å². The number of carbonyl (C=O) groups excluding carboxylic acids is 1. The Labute approximate surface area is 124 Å². The Balaban J connectivity index is 2.07. The quantitative estimate of drug-likeness (QED) is 0.782. The summed E-state index contributed by atoms with van der Waals surface area (Å²) in [5.74, 6) is -0.202. The normalized spacial score (nSPS) is 19.1. The summed E-state index contributed by atoms with van der Waals surface area (Å²) in [6.45, 7) is 4.97. The van der Waals surface area contributed by atoms with Crippen LogP contribution in [0, 0.1) is 0 Å². The van der Waals surface area contributed by atoms with Crippen molar-refractivity contribution in [1.29, 1.82) is 0 Å². The molecular formula is C15H21N3O3. The Morgan fingerprint density at radius 1 is 1.33 bits per heavy atom. The van der Waals surface area contributed by atoms with Crippen LogP contribution in [0.3, 0.4) is 0 Å². The maximum absolute atomic E-state index is 12.5. The van der Waals surface area contributed by atoms with Gasteiger partial charge in [0.05, 0.1) is 0 Å². The van der Waals surface area contributed by atoms with Crippen molar-refractivity contribution in [1.82, 2.24) is 15.5 Å². The van der Waals surface area contributed by atoms with E-state index in [1.165, 1.54) is 0 Å². The van der Waals surface area contributed by atoms with Gasteiger partial charge < -0.3 is 20.6 Å². The molecule has 0 radical (unpaired) electrons. The van der Waals surface area contributed by atoms with Gasteiger partial charge in [0.1, 0.15) is 5.54 Å². The summed E-state index contributed by atoms with van der Waals surface area (Å²) >= 11 is 0. The summed E-state index contributed by atoms with van der Waals surface area (Å²) in [7, 11) is 0. The molecule has 1 aliphatic heterocycles. The molecule has 0 saturated carbocycles. The van der Waals surface area contributed by atoms with Crippen molar-refractivity contribution in [3.05, 3.63) is 35.9 Å². The predicted molar refractivity (Wildman–Crippen MR) is 79.0 cm³/mol. The Bertz CT molecular complexity index is 516. The fourth-order valence-electron chi connectivity index (χ4n) is 2.56. The predicted octanol–water partition coefficient (Wildman–Crippen LogP) is 1.21. The van der Waals surface area contributed by atoms with Gasteiger partial charge in [-0.15, -0.1) is 0 Å². The van der Waals surface area contributed by atoms with Gasteiger partial charge in [0.15, 0.2) is 0 Å². The first-order valence-corrected chi connectivity index (χ1v) is 6.99. The highest BCUT2D eigenvalue weighted by molar-refractivity contribution is 5.89. The lowest BCUT2D eigenvalue weighted by Crippen LogP contribution is -2.59. The average Bonchev–Trinajstić information content (AvgIpc) is 2.46. The molecule has 1 aliphatic rings. The summed E-state index contributed by atoms with van der Waals surface area (Å²) in [5.41, 5.74) is 0.00345. The van der Waals surface area contributed by atoms with Gasteiger partial charge in [-0.2, -0.15) is 0 Å². The van der Waals surface area contributed by atoms with Crippen LogP contribution in [0.1, 0.15) is 25.5 Å². The van der Waals surface area contributed by atoms with Crippen LogP contribution >= 0.6 is 0 Å². The third-order valence-corrected chi connectivity index (χ3v) is 3.62. The van der Waals surface area contributed by atoms with E-state index in [-0.39, 0.29) is 11.9 Å². The first-order valence-electron chi connectivity index (χ1n) is 6.99. The molecule has 1 atom stereocenters. The van der Waals surface area contributed by atoms with Crippen LogP contribution in [0.15, 0.2) is 30.3 Å². The zero-order valence-electron chi connectivity index (χ0n) is 12.3. The second-order valence-corrected chi connectivity index (χ2v) is 5.72. The molecule has 21 heavy (non-hydrogen) atoms. The molecule has 2 rings (SSSR count). The van der Waals surface area contributed by atoms with Gasteiger partial charge in [0.2, 0.25) is 5.91 Å². The molecule has 6 heteroatoms. The van der Waals surface area contributed by atoms with Gasteiger partial charge in [-0.3, -0.25) is 4.79 Å². The Morgan fingerprint density at radius 3 is 2.62 bits per heavy atom. The van der Waals surface area contributed by atoms with E-state index in [4.69, 9.17) is 5.11 Å². The average molecular weight is 291 g/mol. The van der Waals surface area contributed by atoms with Crippen LogP contribution in [-0.2, 0) is 4.79 Å². The SMILES string of the molecule is CC(C)(NC(=O)O)C(=O)N1CCNC(c2ccccc2)C1. The minimum absolute atomic E-state index is 0.0736. The summed E-state index contributed by atoms with van der Waals surface area (Å²) in [6.07, 6.45) is -1.19. The van der Waals surface area contributed by atoms with E-state index in [1.807, 2.05) is 30.3 Å². The van der Waals surface area contributed by atoms with E-state index in [2.05, 4.69) is 10.6 Å². The van der Waals surface area contributed by atoms with Crippen molar-refractivity contribution in [2.75, 3.05) is 19.6 Å². The molecule has 1 saturated heterocycles.